The maximum atomic E-state index is 5.86. The van der Waals surface area contributed by atoms with Gasteiger partial charge in [-0.3, -0.25) is 5.10 Å². The third-order valence-corrected chi connectivity index (χ3v) is 4.09. The normalized spacial score (nSPS) is 16.0. The van der Waals surface area contributed by atoms with E-state index in [1.165, 1.54) is 11.1 Å². The van der Waals surface area contributed by atoms with Gasteiger partial charge in [0, 0.05) is 0 Å². The first kappa shape index (κ1) is 12.1. The first-order valence-electron chi connectivity index (χ1n) is 6.89. The van der Waals surface area contributed by atoms with Crippen molar-refractivity contribution in [2.45, 2.75) is 25.2 Å². The molecule has 1 aromatic carbocycles. The number of nitrogens with one attached hydrogen (secondary N) is 1. The van der Waals surface area contributed by atoms with Gasteiger partial charge in [-0.1, -0.05) is 29.8 Å². The van der Waals surface area contributed by atoms with Crippen LogP contribution < -0.4 is 5.73 Å². The first-order valence-corrected chi connectivity index (χ1v) is 6.89. The van der Waals surface area contributed by atoms with Crippen LogP contribution in [0.4, 0.5) is 5.82 Å². The highest BCUT2D eigenvalue weighted by Crippen LogP contribution is 2.53. The molecule has 3 aromatic rings. The quantitative estimate of drug-likeness (QED) is 0.769. The van der Waals surface area contributed by atoms with E-state index >= 15 is 0 Å². The maximum absolute atomic E-state index is 5.86. The van der Waals surface area contributed by atoms with Gasteiger partial charge >= 0.3 is 0 Å². The second-order valence-corrected chi connectivity index (χ2v) is 5.56. The number of hydrogen-bond donors (Lipinski definition) is 2. The summed E-state index contributed by atoms with van der Waals surface area (Å²) in [5.41, 5.74) is 8.78. The lowest BCUT2D eigenvalue weighted by atomic mass is 9.95. The van der Waals surface area contributed by atoms with E-state index in [1.54, 1.807) is 6.20 Å². The predicted octanol–water partition coefficient (Wildman–Crippen LogP) is 2.43. The predicted molar refractivity (Wildman–Crippen MR) is 77.5 cm³/mol. The Labute approximate surface area is 121 Å². The third-order valence-electron chi connectivity index (χ3n) is 4.09. The lowest BCUT2D eigenvalue weighted by Crippen LogP contribution is -2.09. The maximum Gasteiger partial charge on any atom is 0.253 e. The molecule has 0 atom stereocenters. The Morgan fingerprint density at radius 1 is 1.19 bits per heavy atom. The van der Waals surface area contributed by atoms with Crippen molar-refractivity contribution in [3.8, 4) is 11.5 Å². The largest absolute Gasteiger partial charge is 0.420 e. The van der Waals surface area contributed by atoms with Gasteiger partial charge in [-0.05, 0) is 25.3 Å². The van der Waals surface area contributed by atoms with Gasteiger partial charge in [-0.15, -0.1) is 10.2 Å². The van der Waals surface area contributed by atoms with Gasteiger partial charge in [0.1, 0.15) is 11.4 Å². The van der Waals surface area contributed by atoms with Crippen molar-refractivity contribution in [2.75, 3.05) is 5.73 Å². The number of aromatic amines is 1. The summed E-state index contributed by atoms with van der Waals surface area (Å²) < 4.78 is 5.86. The number of nitrogens with two attached hydrogens (primary N) is 1. The molecule has 6 heteroatoms. The van der Waals surface area contributed by atoms with Crippen LogP contribution in [-0.4, -0.2) is 20.4 Å². The molecule has 1 aliphatic rings. The van der Waals surface area contributed by atoms with Crippen molar-refractivity contribution < 1.29 is 4.42 Å². The van der Waals surface area contributed by atoms with Gasteiger partial charge in [0.15, 0.2) is 0 Å². The molecule has 6 nitrogen and oxygen atoms in total. The van der Waals surface area contributed by atoms with Gasteiger partial charge in [0.05, 0.1) is 11.6 Å². The van der Waals surface area contributed by atoms with E-state index in [0.717, 1.165) is 12.8 Å². The summed E-state index contributed by atoms with van der Waals surface area (Å²) in [6.45, 7) is 2.08. The van der Waals surface area contributed by atoms with Crippen molar-refractivity contribution >= 4 is 5.82 Å². The smallest absolute Gasteiger partial charge is 0.253 e. The van der Waals surface area contributed by atoms with E-state index in [0.29, 0.717) is 23.2 Å². The van der Waals surface area contributed by atoms with Crippen LogP contribution in [-0.2, 0) is 5.41 Å². The molecule has 1 aliphatic carbocycles. The molecular formula is C15H15N5O. The summed E-state index contributed by atoms with van der Waals surface area (Å²) in [7, 11) is 0. The molecular weight excluding hydrogens is 266 g/mol. The summed E-state index contributed by atoms with van der Waals surface area (Å²) in [5, 5.41) is 14.9. The summed E-state index contributed by atoms with van der Waals surface area (Å²) in [6.07, 6.45) is 3.65. The average molecular weight is 281 g/mol. The number of aromatic nitrogens is 4. The Morgan fingerprint density at radius 3 is 2.57 bits per heavy atom. The molecule has 3 N–H and O–H groups in total. The minimum absolute atomic E-state index is 0.128. The van der Waals surface area contributed by atoms with Crippen molar-refractivity contribution in [1.82, 2.24) is 20.4 Å². The third kappa shape index (κ3) is 1.83. The minimum atomic E-state index is -0.128. The number of nitrogen functional groups attached to an aromatic ring is 1. The topological polar surface area (TPSA) is 93.6 Å². The Balaban J connectivity index is 1.73. The van der Waals surface area contributed by atoms with Crippen molar-refractivity contribution in [3.63, 3.8) is 0 Å². The number of H-pyrrole nitrogens is 1. The lowest BCUT2D eigenvalue weighted by Gasteiger charge is -2.10. The Morgan fingerprint density at radius 2 is 1.95 bits per heavy atom. The fraction of sp³-hybridized carbons (Fsp3) is 0.267. The molecule has 1 fully saturated rings. The summed E-state index contributed by atoms with van der Waals surface area (Å²) in [6, 6.07) is 8.50. The number of benzene rings is 1. The fourth-order valence-corrected chi connectivity index (χ4v) is 2.62. The van der Waals surface area contributed by atoms with Crippen LogP contribution in [0.25, 0.3) is 11.5 Å². The molecule has 0 saturated heterocycles. The van der Waals surface area contributed by atoms with Crippen molar-refractivity contribution in [1.29, 1.82) is 0 Å². The second-order valence-electron chi connectivity index (χ2n) is 5.56. The molecule has 21 heavy (non-hydrogen) atoms. The Kier molecular flexibility index (Phi) is 2.42. The molecule has 0 bridgehead atoms. The standard InChI is InChI=1S/C15H15N5O/c1-9-2-4-10(5-3-9)15(6-7-15)14-20-19-13(21-14)11-8-17-18-12(11)16/h2-5,8H,6-7H2,1H3,(H3,16,17,18). The highest BCUT2D eigenvalue weighted by atomic mass is 16.4. The van der Waals surface area contributed by atoms with Crippen LogP contribution in [0.15, 0.2) is 34.9 Å². The van der Waals surface area contributed by atoms with E-state index in [1.807, 2.05) is 0 Å². The lowest BCUT2D eigenvalue weighted by molar-refractivity contribution is 0.472. The number of aryl methyl sites for hydroxylation is 1. The molecule has 0 amide bonds. The van der Waals surface area contributed by atoms with Crippen LogP contribution in [0.5, 0.6) is 0 Å². The molecule has 0 radical (unpaired) electrons. The summed E-state index contributed by atoms with van der Waals surface area (Å²) in [5.74, 6) is 1.50. The van der Waals surface area contributed by atoms with Crippen LogP contribution in [0.1, 0.15) is 29.9 Å². The van der Waals surface area contributed by atoms with Crippen LogP contribution in [0, 0.1) is 6.92 Å². The van der Waals surface area contributed by atoms with Gasteiger partial charge in [0.25, 0.3) is 5.89 Å². The molecule has 0 aliphatic heterocycles. The minimum Gasteiger partial charge on any atom is -0.420 e. The highest BCUT2D eigenvalue weighted by Gasteiger charge is 2.50. The average Bonchev–Trinajstić information content (AvgIpc) is 2.93. The van der Waals surface area contributed by atoms with Crippen molar-refractivity contribution in [2.24, 2.45) is 0 Å². The van der Waals surface area contributed by atoms with Crippen LogP contribution in [0.2, 0.25) is 0 Å². The number of nitrogens with zero attached hydrogens (tertiary/aromatic N) is 3. The van der Waals surface area contributed by atoms with E-state index < -0.39 is 0 Å². The van der Waals surface area contributed by atoms with Crippen LogP contribution >= 0.6 is 0 Å². The highest BCUT2D eigenvalue weighted by molar-refractivity contribution is 5.65. The van der Waals surface area contributed by atoms with Gasteiger partial charge in [-0.2, -0.15) is 5.10 Å². The zero-order valence-electron chi connectivity index (χ0n) is 11.6. The zero-order chi connectivity index (χ0) is 14.4. The molecule has 106 valence electrons. The van der Waals surface area contributed by atoms with Gasteiger partial charge < -0.3 is 10.2 Å². The van der Waals surface area contributed by atoms with Crippen molar-refractivity contribution in [3.05, 3.63) is 47.5 Å². The molecule has 0 unspecified atom stereocenters. The van der Waals surface area contributed by atoms with E-state index in [4.69, 9.17) is 10.2 Å². The summed E-state index contributed by atoms with van der Waals surface area (Å²) in [4.78, 5) is 0. The zero-order valence-corrected chi connectivity index (χ0v) is 11.6. The molecule has 0 spiro atoms. The van der Waals surface area contributed by atoms with Gasteiger partial charge in [0.2, 0.25) is 5.89 Å². The van der Waals surface area contributed by atoms with Gasteiger partial charge in [-0.25, -0.2) is 0 Å². The monoisotopic (exact) mass is 281 g/mol. The molecule has 2 heterocycles. The molecule has 2 aromatic heterocycles. The number of rotatable bonds is 3. The number of anilines is 1. The Hall–Kier alpha value is -2.63. The molecule has 1 saturated carbocycles. The Bertz CT molecular complexity index is 783. The summed E-state index contributed by atoms with van der Waals surface area (Å²) >= 11 is 0. The van der Waals surface area contributed by atoms with E-state index in [2.05, 4.69) is 51.6 Å². The SMILES string of the molecule is Cc1ccc(C2(c3nnc(-c4cn[nH]c4N)o3)CC2)cc1. The molecule has 4 rings (SSSR count). The number of hydrogen-bond acceptors (Lipinski definition) is 5. The van der Waals surface area contributed by atoms with E-state index in [9.17, 15) is 0 Å². The first-order chi connectivity index (χ1) is 10.2. The van der Waals surface area contributed by atoms with E-state index in [-0.39, 0.29) is 5.41 Å². The van der Waals surface area contributed by atoms with Crippen LogP contribution in [0.3, 0.4) is 0 Å². The second kappa shape index (κ2) is 4.18. The fourth-order valence-electron chi connectivity index (χ4n) is 2.62.